The Morgan fingerprint density at radius 2 is 2.06 bits per heavy atom. The van der Waals surface area contributed by atoms with Crippen molar-refractivity contribution in [1.82, 2.24) is 4.98 Å². The van der Waals surface area contributed by atoms with Crippen LogP contribution in [0, 0.1) is 13.8 Å². The van der Waals surface area contributed by atoms with Gasteiger partial charge in [-0.2, -0.15) is 0 Å². The Balaban J connectivity index is 2.54. The second-order valence-electron chi connectivity index (χ2n) is 4.80. The minimum Gasteiger partial charge on any atom is -0.497 e. The van der Waals surface area contributed by atoms with Crippen molar-refractivity contribution in [2.75, 3.05) is 7.11 Å². The van der Waals surface area contributed by atoms with E-state index >= 15 is 0 Å². The number of aromatic amines is 1. The first-order chi connectivity index (χ1) is 8.52. The lowest BCUT2D eigenvalue weighted by Crippen LogP contribution is -1.95. The summed E-state index contributed by atoms with van der Waals surface area (Å²) in [7, 11) is 1.68. The molecule has 0 amide bonds. The van der Waals surface area contributed by atoms with E-state index < -0.39 is 0 Å². The summed E-state index contributed by atoms with van der Waals surface area (Å²) >= 11 is 0. The van der Waals surface area contributed by atoms with E-state index in [4.69, 9.17) is 4.74 Å². The lowest BCUT2D eigenvalue weighted by molar-refractivity contribution is -0.116. The third kappa shape index (κ3) is 2.26. The largest absolute Gasteiger partial charge is 0.497 e. The Hall–Kier alpha value is -1.77. The Labute approximate surface area is 107 Å². The van der Waals surface area contributed by atoms with Crippen molar-refractivity contribution >= 4 is 16.7 Å². The standard InChI is InChI=1S/C15H19NO2/c1-9-7-12(18-4)8-14-13(6-5-10(2)17)11(3)16-15(9)14/h7-8,16H,5-6H2,1-4H3. The monoisotopic (exact) mass is 245 g/mol. The summed E-state index contributed by atoms with van der Waals surface area (Å²) in [5, 5.41) is 1.17. The predicted molar refractivity (Wildman–Crippen MR) is 73.3 cm³/mol. The molecule has 0 aliphatic heterocycles. The molecule has 2 aromatic rings. The minimum absolute atomic E-state index is 0.225. The average Bonchev–Trinajstić information content (AvgIpc) is 2.63. The van der Waals surface area contributed by atoms with E-state index in [-0.39, 0.29) is 5.78 Å². The van der Waals surface area contributed by atoms with E-state index in [1.165, 1.54) is 16.5 Å². The molecule has 3 nitrogen and oxygen atoms in total. The van der Waals surface area contributed by atoms with Crippen molar-refractivity contribution in [3.8, 4) is 5.75 Å². The van der Waals surface area contributed by atoms with Crippen LogP contribution >= 0.6 is 0 Å². The highest BCUT2D eigenvalue weighted by molar-refractivity contribution is 5.89. The van der Waals surface area contributed by atoms with Gasteiger partial charge in [-0.15, -0.1) is 0 Å². The summed E-state index contributed by atoms with van der Waals surface area (Å²) in [4.78, 5) is 14.5. The van der Waals surface area contributed by atoms with Crippen molar-refractivity contribution < 1.29 is 9.53 Å². The summed E-state index contributed by atoms with van der Waals surface area (Å²) in [5.41, 5.74) is 4.68. The van der Waals surface area contributed by atoms with Gasteiger partial charge in [-0.05, 0) is 50.5 Å². The maximum Gasteiger partial charge on any atom is 0.130 e. The highest BCUT2D eigenvalue weighted by Gasteiger charge is 2.12. The Morgan fingerprint density at radius 1 is 1.33 bits per heavy atom. The maximum atomic E-state index is 11.1. The topological polar surface area (TPSA) is 42.1 Å². The third-order valence-electron chi connectivity index (χ3n) is 3.36. The number of benzene rings is 1. The number of Topliss-reactive ketones (excluding diaryl/α,β-unsaturated/α-hetero) is 1. The molecule has 1 heterocycles. The van der Waals surface area contributed by atoms with Gasteiger partial charge in [0.25, 0.3) is 0 Å². The van der Waals surface area contributed by atoms with Crippen LogP contribution in [0.25, 0.3) is 10.9 Å². The molecule has 0 saturated heterocycles. The van der Waals surface area contributed by atoms with Crippen LogP contribution in [-0.2, 0) is 11.2 Å². The fraction of sp³-hybridized carbons (Fsp3) is 0.400. The van der Waals surface area contributed by atoms with E-state index in [9.17, 15) is 4.79 Å². The first-order valence-electron chi connectivity index (χ1n) is 6.18. The summed E-state index contributed by atoms with van der Waals surface area (Å²) in [6.07, 6.45) is 1.37. The van der Waals surface area contributed by atoms with Crippen molar-refractivity contribution in [2.24, 2.45) is 0 Å². The van der Waals surface area contributed by atoms with Crippen LogP contribution in [0.4, 0.5) is 0 Å². The molecule has 18 heavy (non-hydrogen) atoms. The molecule has 0 unspecified atom stereocenters. The van der Waals surface area contributed by atoms with Gasteiger partial charge in [-0.1, -0.05) is 0 Å². The zero-order chi connectivity index (χ0) is 13.3. The number of hydrogen-bond donors (Lipinski definition) is 1. The van der Waals surface area contributed by atoms with Crippen LogP contribution in [0.5, 0.6) is 5.75 Å². The summed E-state index contributed by atoms with van der Waals surface area (Å²) in [5.74, 6) is 1.09. The number of nitrogens with one attached hydrogen (secondary N) is 1. The maximum absolute atomic E-state index is 11.1. The fourth-order valence-electron chi connectivity index (χ4n) is 2.36. The molecule has 0 spiro atoms. The zero-order valence-corrected chi connectivity index (χ0v) is 11.4. The van der Waals surface area contributed by atoms with Crippen LogP contribution in [0.15, 0.2) is 12.1 Å². The fourth-order valence-corrected chi connectivity index (χ4v) is 2.36. The third-order valence-corrected chi connectivity index (χ3v) is 3.36. The average molecular weight is 245 g/mol. The number of rotatable bonds is 4. The van der Waals surface area contributed by atoms with E-state index in [0.29, 0.717) is 6.42 Å². The van der Waals surface area contributed by atoms with Gasteiger partial charge in [-0.3, -0.25) is 0 Å². The van der Waals surface area contributed by atoms with Gasteiger partial charge >= 0.3 is 0 Å². The number of ketones is 1. The molecule has 0 fully saturated rings. The zero-order valence-electron chi connectivity index (χ0n) is 11.4. The van der Waals surface area contributed by atoms with Crippen molar-refractivity contribution in [3.05, 3.63) is 29.0 Å². The smallest absolute Gasteiger partial charge is 0.130 e. The lowest BCUT2D eigenvalue weighted by Gasteiger charge is -2.04. The first-order valence-corrected chi connectivity index (χ1v) is 6.18. The molecule has 0 aliphatic carbocycles. The number of carbonyl (C=O) groups excluding carboxylic acids is 1. The molecule has 2 rings (SSSR count). The number of carbonyl (C=O) groups is 1. The molecular formula is C15H19NO2. The number of fused-ring (bicyclic) bond motifs is 1. The highest BCUT2D eigenvalue weighted by atomic mass is 16.5. The Kier molecular flexibility index (Phi) is 3.41. The molecule has 0 aliphatic rings. The SMILES string of the molecule is COc1cc(C)c2[nH]c(C)c(CCC(C)=O)c2c1. The second-order valence-corrected chi connectivity index (χ2v) is 4.80. The van der Waals surface area contributed by atoms with Crippen molar-refractivity contribution in [1.29, 1.82) is 0 Å². The van der Waals surface area contributed by atoms with Gasteiger partial charge in [-0.25, -0.2) is 0 Å². The minimum atomic E-state index is 0.225. The molecule has 3 heteroatoms. The molecule has 0 radical (unpaired) electrons. The Morgan fingerprint density at radius 3 is 2.67 bits per heavy atom. The quantitative estimate of drug-likeness (QED) is 0.897. The lowest BCUT2D eigenvalue weighted by atomic mass is 10.0. The number of aromatic nitrogens is 1. The van der Waals surface area contributed by atoms with Crippen LogP contribution in [0.3, 0.4) is 0 Å². The van der Waals surface area contributed by atoms with E-state index in [2.05, 4.69) is 18.8 Å². The van der Waals surface area contributed by atoms with E-state index in [1.54, 1.807) is 14.0 Å². The molecule has 0 bridgehead atoms. The van der Waals surface area contributed by atoms with Crippen LogP contribution < -0.4 is 4.74 Å². The van der Waals surface area contributed by atoms with Crippen LogP contribution in [0.2, 0.25) is 0 Å². The normalized spacial score (nSPS) is 10.9. The van der Waals surface area contributed by atoms with Crippen LogP contribution in [-0.4, -0.2) is 17.9 Å². The Bertz CT molecular complexity index is 596. The number of H-pyrrole nitrogens is 1. The molecule has 1 aromatic carbocycles. The first kappa shape index (κ1) is 12.7. The van der Waals surface area contributed by atoms with Gasteiger partial charge in [0.15, 0.2) is 0 Å². The predicted octanol–water partition coefficient (Wildman–Crippen LogP) is 3.31. The second kappa shape index (κ2) is 4.84. The summed E-state index contributed by atoms with van der Waals surface area (Å²) in [6.45, 7) is 5.76. The molecule has 0 atom stereocenters. The molecule has 96 valence electrons. The number of methoxy groups -OCH3 is 1. The molecule has 1 aromatic heterocycles. The molecule has 1 N–H and O–H groups in total. The summed E-state index contributed by atoms with van der Waals surface area (Å²) in [6, 6.07) is 4.06. The number of ether oxygens (including phenoxy) is 1. The van der Waals surface area contributed by atoms with Gasteiger partial charge in [0.05, 0.1) is 7.11 Å². The summed E-state index contributed by atoms with van der Waals surface area (Å²) < 4.78 is 5.31. The molecule has 0 saturated carbocycles. The van der Waals surface area contributed by atoms with Crippen molar-refractivity contribution in [3.63, 3.8) is 0 Å². The van der Waals surface area contributed by atoms with Gasteiger partial charge < -0.3 is 14.5 Å². The van der Waals surface area contributed by atoms with E-state index in [0.717, 1.165) is 23.4 Å². The van der Waals surface area contributed by atoms with Gasteiger partial charge in [0, 0.05) is 23.0 Å². The highest BCUT2D eigenvalue weighted by Crippen LogP contribution is 2.30. The molecular weight excluding hydrogens is 226 g/mol. The number of hydrogen-bond acceptors (Lipinski definition) is 2. The van der Waals surface area contributed by atoms with Crippen molar-refractivity contribution in [2.45, 2.75) is 33.6 Å². The van der Waals surface area contributed by atoms with Gasteiger partial charge in [0.1, 0.15) is 11.5 Å². The van der Waals surface area contributed by atoms with Crippen LogP contribution in [0.1, 0.15) is 30.2 Å². The number of aryl methyl sites for hydroxylation is 3. The van der Waals surface area contributed by atoms with Gasteiger partial charge in [0.2, 0.25) is 0 Å². The van der Waals surface area contributed by atoms with E-state index in [1.807, 2.05) is 12.1 Å².